The van der Waals surface area contributed by atoms with E-state index in [0.717, 1.165) is 17.3 Å². The summed E-state index contributed by atoms with van der Waals surface area (Å²) in [5.74, 6) is 0.684. The van der Waals surface area contributed by atoms with Crippen LogP contribution in [0.25, 0.3) is 0 Å². The smallest absolute Gasteiger partial charge is 0.412 e. The van der Waals surface area contributed by atoms with Crippen LogP contribution in [0, 0.1) is 0 Å². The van der Waals surface area contributed by atoms with Crippen molar-refractivity contribution in [3.05, 3.63) is 0 Å². The first-order chi connectivity index (χ1) is 4.72. The van der Waals surface area contributed by atoms with Crippen LogP contribution in [-0.2, 0) is 0 Å². The summed E-state index contributed by atoms with van der Waals surface area (Å²) in [5.41, 5.74) is 0. The van der Waals surface area contributed by atoms with Crippen molar-refractivity contribution in [1.82, 2.24) is 0 Å². The van der Waals surface area contributed by atoms with E-state index in [0.29, 0.717) is 5.88 Å². The Labute approximate surface area is 96.2 Å². The molecular weight excluding hydrogens is 313 g/mol. The molecule has 0 saturated carbocycles. The summed E-state index contributed by atoms with van der Waals surface area (Å²) < 4.78 is 1.02. The summed E-state index contributed by atoms with van der Waals surface area (Å²) in [6, 6.07) is 0. The van der Waals surface area contributed by atoms with Gasteiger partial charge < -0.3 is 5.48 Å². The monoisotopic (exact) mass is 325 g/mol. The van der Waals surface area contributed by atoms with Gasteiger partial charge in [0.05, 0.1) is 0 Å². The molecule has 0 spiro atoms. The standard InChI is InChI=1S/C6H10Cl3.H2O.Sn/c1-5(8)6(9)3-2-4-7;;/h5-6H,1-4H2;1H2;. The molecule has 0 aliphatic heterocycles. The first kappa shape index (κ1) is 15.1. The molecule has 3 radical (unpaired) electrons. The fourth-order valence-corrected chi connectivity index (χ4v) is 2.34. The van der Waals surface area contributed by atoms with E-state index in [4.69, 9.17) is 34.8 Å². The van der Waals surface area contributed by atoms with Crippen LogP contribution in [0.4, 0.5) is 0 Å². The third-order valence-corrected chi connectivity index (χ3v) is 4.57. The topological polar surface area (TPSA) is 31.5 Å². The Morgan fingerprint density at radius 1 is 1.18 bits per heavy atom. The molecule has 0 aromatic carbocycles. The van der Waals surface area contributed by atoms with Gasteiger partial charge in [-0.1, -0.05) is 0 Å². The summed E-state index contributed by atoms with van der Waals surface area (Å²) in [7, 11) is 0. The van der Waals surface area contributed by atoms with Gasteiger partial charge in [-0.25, -0.2) is 0 Å². The molecule has 11 heavy (non-hydrogen) atoms. The number of alkyl halides is 3. The van der Waals surface area contributed by atoms with Crippen LogP contribution in [-0.4, -0.2) is 44.6 Å². The van der Waals surface area contributed by atoms with E-state index in [1.165, 1.54) is 22.5 Å². The SMILES string of the molecule is ClCCCC(Cl)C(Cl)[CH2][Sn].O. The van der Waals surface area contributed by atoms with Crippen molar-refractivity contribution >= 4 is 57.3 Å². The van der Waals surface area contributed by atoms with Gasteiger partial charge in [-0.3, -0.25) is 0 Å². The maximum Gasteiger partial charge on any atom is -0.412 e. The minimum absolute atomic E-state index is 0. The van der Waals surface area contributed by atoms with E-state index >= 15 is 0 Å². The Balaban J connectivity index is 0. The molecule has 5 heteroatoms. The Bertz CT molecular complexity index is 84.2. The van der Waals surface area contributed by atoms with Crippen molar-refractivity contribution in [3.8, 4) is 0 Å². The average Bonchev–Trinajstić information content (AvgIpc) is 1.98. The van der Waals surface area contributed by atoms with Crippen molar-refractivity contribution in [2.24, 2.45) is 0 Å². The van der Waals surface area contributed by atoms with Crippen LogP contribution in [0.15, 0.2) is 0 Å². The molecule has 0 rings (SSSR count). The van der Waals surface area contributed by atoms with Gasteiger partial charge in [-0.15, -0.1) is 0 Å². The van der Waals surface area contributed by atoms with Gasteiger partial charge in [0.25, 0.3) is 0 Å². The van der Waals surface area contributed by atoms with Crippen LogP contribution >= 0.6 is 34.8 Å². The first-order valence-electron chi connectivity index (χ1n) is 3.21. The minimum atomic E-state index is 0. The maximum atomic E-state index is 5.93. The molecule has 0 aromatic rings. The van der Waals surface area contributed by atoms with Crippen LogP contribution in [0.1, 0.15) is 12.8 Å². The first-order valence-corrected chi connectivity index (χ1v) is 6.63. The van der Waals surface area contributed by atoms with E-state index in [9.17, 15) is 0 Å². The molecular formula is C6H12Cl3OSn. The van der Waals surface area contributed by atoms with Crippen molar-refractivity contribution in [2.75, 3.05) is 5.88 Å². The number of halogens is 3. The quantitative estimate of drug-likeness (QED) is 0.547. The average molecular weight is 325 g/mol. The molecule has 2 atom stereocenters. The van der Waals surface area contributed by atoms with Gasteiger partial charge in [0.1, 0.15) is 0 Å². The summed E-state index contributed by atoms with van der Waals surface area (Å²) in [6.07, 6.45) is 1.91. The zero-order chi connectivity index (χ0) is 7.98. The zero-order valence-corrected chi connectivity index (χ0v) is 11.2. The maximum absolute atomic E-state index is 5.93. The predicted molar refractivity (Wildman–Crippen MR) is 53.4 cm³/mol. The molecule has 0 aromatic heterocycles. The van der Waals surface area contributed by atoms with E-state index in [2.05, 4.69) is 0 Å². The predicted octanol–water partition coefficient (Wildman–Crippen LogP) is 1.98. The zero-order valence-electron chi connectivity index (χ0n) is 6.12. The molecule has 67 valence electrons. The van der Waals surface area contributed by atoms with E-state index in [1.807, 2.05) is 0 Å². The number of hydrogen-bond acceptors (Lipinski definition) is 0. The number of rotatable bonds is 5. The van der Waals surface area contributed by atoms with Crippen molar-refractivity contribution in [3.63, 3.8) is 0 Å². The van der Waals surface area contributed by atoms with Gasteiger partial charge in [0.15, 0.2) is 0 Å². The van der Waals surface area contributed by atoms with Crippen molar-refractivity contribution in [1.29, 1.82) is 0 Å². The van der Waals surface area contributed by atoms with Gasteiger partial charge in [0.2, 0.25) is 0 Å². The minimum Gasteiger partial charge on any atom is -0.412 e. The molecule has 2 unspecified atom stereocenters. The summed E-state index contributed by atoms with van der Waals surface area (Å²) in [4.78, 5) is 0. The van der Waals surface area contributed by atoms with Crippen LogP contribution in [0.2, 0.25) is 4.44 Å². The molecule has 0 fully saturated rings. The Kier molecular flexibility index (Phi) is 13.4. The third-order valence-electron chi connectivity index (χ3n) is 1.20. The Hall–Kier alpha value is 1.63. The van der Waals surface area contributed by atoms with Crippen LogP contribution < -0.4 is 0 Å². The molecule has 2 N–H and O–H groups in total. The summed E-state index contributed by atoms with van der Waals surface area (Å²) >= 11 is 18.8. The van der Waals surface area contributed by atoms with Crippen molar-refractivity contribution in [2.45, 2.75) is 28.0 Å². The number of hydrogen-bond donors (Lipinski definition) is 0. The second kappa shape index (κ2) is 9.71. The molecule has 1 nitrogen and oxygen atoms in total. The van der Waals surface area contributed by atoms with Gasteiger partial charge in [-0.05, 0) is 0 Å². The second-order valence-corrected chi connectivity index (χ2v) is 4.73. The van der Waals surface area contributed by atoms with E-state index < -0.39 is 0 Å². The molecule has 0 aliphatic rings. The van der Waals surface area contributed by atoms with Gasteiger partial charge in [-0.2, -0.15) is 0 Å². The fourth-order valence-electron chi connectivity index (χ4n) is 0.581. The van der Waals surface area contributed by atoms with E-state index in [1.54, 1.807) is 0 Å². The fraction of sp³-hybridized carbons (Fsp3) is 1.00. The van der Waals surface area contributed by atoms with Gasteiger partial charge >= 0.3 is 91.2 Å². The molecule has 0 bridgehead atoms. The largest absolute Gasteiger partial charge is 0.412 e. The van der Waals surface area contributed by atoms with Gasteiger partial charge in [0, 0.05) is 0 Å². The van der Waals surface area contributed by atoms with Crippen LogP contribution in [0.5, 0.6) is 0 Å². The van der Waals surface area contributed by atoms with Crippen molar-refractivity contribution < 1.29 is 5.48 Å². The molecule has 0 saturated heterocycles. The molecule has 0 aliphatic carbocycles. The normalized spacial score (nSPS) is 15.3. The second-order valence-electron chi connectivity index (χ2n) is 2.07. The Morgan fingerprint density at radius 3 is 2.09 bits per heavy atom. The Morgan fingerprint density at radius 2 is 1.73 bits per heavy atom. The van der Waals surface area contributed by atoms with Crippen LogP contribution in [0.3, 0.4) is 0 Å². The molecule has 0 heterocycles. The summed E-state index contributed by atoms with van der Waals surface area (Å²) in [5, 5.41) is 0.253. The third kappa shape index (κ3) is 7.97. The van der Waals surface area contributed by atoms with E-state index in [-0.39, 0.29) is 16.2 Å². The summed E-state index contributed by atoms with van der Waals surface area (Å²) in [6.45, 7) is 0. The molecule has 0 amide bonds.